The van der Waals surface area contributed by atoms with Crippen LogP contribution >= 0.6 is 24.0 Å². The molecule has 1 aromatic heterocycles. The van der Waals surface area contributed by atoms with Gasteiger partial charge in [-0.2, -0.15) is 13.2 Å². The zero-order valence-electron chi connectivity index (χ0n) is 18.3. The van der Waals surface area contributed by atoms with Gasteiger partial charge in [0.15, 0.2) is 5.96 Å². The Morgan fingerprint density at radius 3 is 2.33 bits per heavy atom. The van der Waals surface area contributed by atoms with Gasteiger partial charge in [-0.05, 0) is 43.3 Å². The lowest BCUT2D eigenvalue weighted by atomic mass is 10.1. The van der Waals surface area contributed by atoms with Crippen molar-refractivity contribution in [1.82, 2.24) is 20.5 Å². The standard InChI is InChI=1S/C22H27F3N6O.HI/c1-2-26-21(31-15-13-30(14-16-31)19-5-3-4-10-27-19)29-12-11-28-20(32)17-6-8-18(9-7-17)22(23,24)25;/h3-10H,2,11-16H2,1H3,(H,26,29)(H,28,32);1H. The van der Waals surface area contributed by atoms with Gasteiger partial charge in [-0.25, -0.2) is 4.98 Å². The number of nitrogens with zero attached hydrogens (tertiary/aromatic N) is 4. The minimum absolute atomic E-state index is 0. The number of aromatic nitrogens is 1. The summed E-state index contributed by atoms with van der Waals surface area (Å²) in [7, 11) is 0. The van der Waals surface area contributed by atoms with E-state index >= 15 is 0 Å². The van der Waals surface area contributed by atoms with Crippen molar-refractivity contribution in [2.24, 2.45) is 4.99 Å². The second-order valence-electron chi connectivity index (χ2n) is 7.23. The zero-order valence-corrected chi connectivity index (χ0v) is 20.6. The highest BCUT2D eigenvalue weighted by Crippen LogP contribution is 2.29. The molecule has 0 saturated carbocycles. The van der Waals surface area contributed by atoms with Crippen LogP contribution in [0.2, 0.25) is 0 Å². The number of guanidine groups is 1. The normalized spacial score (nSPS) is 14.5. The monoisotopic (exact) mass is 576 g/mol. The molecule has 0 unspecified atom stereocenters. The number of alkyl halides is 3. The summed E-state index contributed by atoms with van der Waals surface area (Å²) in [6, 6.07) is 10.0. The Morgan fingerprint density at radius 2 is 1.76 bits per heavy atom. The summed E-state index contributed by atoms with van der Waals surface area (Å²) in [6.45, 7) is 6.58. The Bertz CT molecular complexity index is 901. The maximum atomic E-state index is 12.6. The second-order valence-corrected chi connectivity index (χ2v) is 7.23. The Morgan fingerprint density at radius 1 is 1.06 bits per heavy atom. The number of anilines is 1. The predicted octanol–water partition coefficient (Wildman–Crippen LogP) is 3.24. The summed E-state index contributed by atoms with van der Waals surface area (Å²) in [5.74, 6) is 1.31. The van der Waals surface area contributed by atoms with Crippen LogP contribution in [0.1, 0.15) is 22.8 Å². The first kappa shape index (κ1) is 26.7. The van der Waals surface area contributed by atoms with Crippen LogP contribution in [0.15, 0.2) is 53.7 Å². The molecule has 1 aliphatic heterocycles. The molecule has 0 radical (unpaired) electrons. The highest BCUT2D eigenvalue weighted by atomic mass is 127. The van der Waals surface area contributed by atoms with Gasteiger partial charge in [0.05, 0.1) is 12.1 Å². The van der Waals surface area contributed by atoms with Gasteiger partial charge in [0, 0.05) is 51.0 Å². The number of piperazine rings is 1. The smallest absolute Gasteiger partial charge is 0.357 e. The average Bonchev–Trinajstić information content (AvgIpc) is 2.81. The van der Waals surface area contributed by atoms with E-state index < -0.39 is 17.6 Å². The van der Waals surface area contributed by atoms with Crippen LogP contribution in [-0.2, 0) is 6.18 Å². The number of halogens is 4. The van der Waals surface area contributed by atoms with Crippen LogP contribution in [0.25, 0.3) is 0 Å². The fourth-order valence-corrected chi connectivity index (χ4v) is 3.36. The molecule has 1 saturated heterocycles. The fourth-order valence-electron chi connectivity index (χ4n) is 3.36. The number of benzene rings is 1. The number of carbonyl (C=O) groups excluding carboxylic acids is 1. The van der Waals surface area contributed by atoms with Crippen molar-refractivity contribution < 1.29 is 18.0 Å². The Hall–Kier alpha value is -2.57. The SMILES string of the molecule is CCNC(=NCCNC(=O)c1ccc(C(F)(F)F)cc1)N1CCN(c2ccccn2)CC1.I. The molecule has 2 N–H and O–H groups in total. The molecule has 7 nitrogen and oxygen atoms in total. The lowest BCUT2D eigenvalue weighted by molar-refractivity contribution is -0.137. The van der Waals surface area contributed by atoms with E-state index in [9.17, 15) is 18.0 Å². The number of pyridine rings is 1. The van der Waals surface area contributed by atoms with Crippen molar-refractivity contribution in [3.8, 4) is 0 Å². The van der Waals surface area contributed by atoms with Crippen LogP contribution in [0, 0.1) is 0 Å². The van der Waals surface area contributed by atoms with Crippen molar-refractivity contribution in [3.63, 3.8) is 0 Å². The Balaban J connectivity index is 0.00000385. The molecule has 0 aliphatic carbocycles. The third kappa shape index (κ3) is 7.76. The van der Waals surface area contributed by atoms with Crippen molar-refractivity contribution in [2.75, 3.05) is 50.7 Å². The molecule has 2 heterocycles. The van der Waals surface area contributed by atoms with Crippen molar-refractivity contribution in [3.05, 3.63) is 59.8 Å². The van der Waals surface area contributed by atoms with Crippen LogP contribution in [0.3, 0.4) is 0 Å². The topological polar surface area (TPSA) is 72.9 Å². The number of amides is 1. The Kier molecular flexibility index (Phi) is 10.2. The van der Waals surface area contributed by atoms with E-state index in [4.69, 9.17) is 0 Å². The van der Waals surface area contributed by atoms with Crippen LogP contribution in [0.4, 0.5) is 19.0 Å². The molecule has 0 atom stereocenters. The van der Waals surface area contributed by atoms with E-state index in [2.05, 4.69) is 30.4 Å². The summed E-state index contributed by atoms with van der Waals surface area (Å²) < 4.78 is 37.9. The van der Waals surface area contributed by atoms with Crippen molar-refractivity contribution in [1.29, 1.82) is 0 Å². The molecule has 0 spiro atoms. The van der Waals surface area contributed by atoms with Crippen molar-refractivity contribution in [2.45, 2.75) is 13.1 Å². The number of hydrogen-bond acceptors (Lipinski definition) is 4. The lowest BCUT2D eigenvalue weighted by Crippen LogP contribution is -2.52. The van der Waals surface area contributed by atoms with E-state index in [-0.39, 0.29) is 36.1 Å². The summed E-state index contributed by atoms with van der Waals surface area (Å²) in [5, 5.41) is 5.97. The molecule has 1 fully saturated rings. The highest BCUT2D eigenvalue weighted by molar-refractivity contribution is 14.0. The molecule has 180 valence electrons. The van der Waals surface area contributed by atoms with E-state index in [0.29, 0.717) is 6.54 Å². The number of hydrogen-bond donors (Lipinski definition) is 2. The first-order valence-corrected chi connectivity index (χ1v) is 10.5. The minimum atomic E-state index is -4.42. The number of nitrogens with one attached hydrogen (secondary N) is 2. The molecule has 1 aromatic carbocycles. The van der Waals surface area contributed by atoms with Gasteiger partial charge >= 0.3 is 6.18 Å². The van der Waals surface area contributed by atoms with Crippen LogP contribution in [0.5, 0.6) is 0 Å². The van der Waals surface area contributed by atoms with Gasteiger partial charge in [0.2, 0.25) is 0 Å². The molecule has 0 bridgehead atoms. The van der Waals surface area contributed by atoms with Crippen molar-refractivity contribution >= 4 is 41.7 Å². The average molecular weight is 576 g/mol. The maximum absolute atomic E-state index is 12.6. The Labute approximate surface area is 208 Å². The largest absolute Gasteiger partial charge is 0.416 e. The quantitative estimate of drug-likeness (QED) is 0.239. The molecule has 3 rings (SSSR count). The predicted molar refractivity (Wildman–Crippen MR) is 133 cm³/mol. The zero-order chi connectivity index (χ0) is 23.0. The fraction of sp³-hybridized carbons (Fsp3) is 0.409. The molecular weight excluding hydrogens is 548 g/mol. The minimum Gasteiger partial charge on any atom is -0.357 e. The molecule has 1 aliphatic rings. The molecule has 11 heteroatoms. The molecule has 2 aromatic rings. The van der Waals surface area contributed by atoms with E-state index in [1.807, 2.05) is 25.1 Å². The van der Waals surface area contributed by atoms with Gasteiger partial charge < -0.3 is 20.4 Å². The van der Waals surface area contributed by atoms with E-state index in [1.54, 1.807) is 6.20 Å². The highest BCUT2D eigenvalue weighted by Gasteiger charge is 2.30. The van der Waals surface area contributed by atoms with E-state index in [0.717, 1.165) is 56.6 Å². The first-order valence-electron chi connectivity index (χ1n) is 10.5. The third-order valence-electron chi connectivity index (χ3n) is 5.02. The maximum Gasteiger partial charge on any atom is 0.416 e. The van der Waals surface area contributed by atoms with Crippen LogP contribution < -0.4 is 15.5 Å². The molecule has 1 amide bonds. The van der Waals surface area contributed by atoms with E-state index in [1.165, 1.54) is 12.1 Å². The first-order chi connectivity index (χ1) is 15.4. The van der Waals surface area contributed by atoms with Gasteiger partial charge in [0.25, 0.3) is 5.91 Å². The summed E-state index contributed by atoms with van der Waals surface area (Å²) in [4.78, 5) is 25.5. The van der Waals surface area contributed by atoms with Gasteiger partial charge in [-0.1, -0.05) is 6.07 Å². The second kappa shape index (κ2) is 12.6. The summed E-state index contributed by atoms with van der Waals surface area (Å²) in [5.41, 5.74) is -0.600. The number of carbonyl (C=O) groups is 1. The molecule has 33 heavy (non-hydrogen) atoms. The van der Waals surface area contributed by atoms with Gasteiger partial charge in [-0.3, -0.25) is 9.79 Å². The number of rotatable bonds is 6. The third-order valence-corrected chi connectivity index (χ3v) is 5.02. The van der Waals surface area contributed by atoms with Gasteiger partial charge in [-0.15, -0.1) is 24.0 Å². The lowest BCUT2D eigenvalue weighted by Gasteiger charge is -2.37. The number of aliphatic imine (C=N–C) groups is 1. The van der Waals surface area contributed by atoms with Gasteiger partial charge in [0.1, 0.15) is 5.82 Å². The molecular formula is C22H28F3IN6O. The summed E-state index contributed by atoms with van der Waals surface area (Å²) >= 11 is 0. The summed E-state index contributed by atoms with van der Waals surface area (Å²) in [6.07, 6.45) is -2.64. The van der Waals surface area contributed by atoms with Crippen LogP contribution in [-0.4, -0.2) is 67.6 Å².